The number of carboxylic acid groups (broad SMARTS) is 1. The van der Waals surface area contributed by atoms with E-state index in [2.05, 4.69) is 29.6 Å². The molecule has 0 atom stereocenters. The molecular weight excluding hydrogens is 442 g/mol. The van der Waals surface area contributed by atoms with Crippen LogP contribution >= 0.6 is 0 Å². The van der Waals surface area contributed by atoms with Crippen LogP contribution in [0.4, 0.5) is 16.2 Å². The van der Waals surface area contributed by atoms with Crippen molar-refractivity contribution in [1.29, 1.82) is 0 Å². The van der Waals surface area contributed by atoms with Crippen LogP contribution in [0.15, 0.2) is 66.7 Å². The number of rotatable bonds is 5. The minimum atomic E-state index is -0.695. The molecule has 2 aromatic carbocycles. The molecule has 1 aliphatic carbocycles. The normalized spacial score (nSPS) is 19.4. The average molecular weight is 472 g/mol. The van der Waals surface area contributed by atoms with Crippen molar-refractivity contribution in [2.45, 2.75) is 38.0 Å². The summed E-state index contributed by atoms with van der Waals surface area (Å²) in [5, 5.41) is 11.9. The molecule has 2 aliphatic rings. The van der Waals surface area contributed by atoms with Gasteiger partial charge in [0.05, 0.1) is 12.2 Å². The predicted octanol–water partition coefficient (Wildman–Crippen LogP) is 5.93. The maximum Gasteiger partial charge on any atom is 0.326 e. The third kappa shape index (κ3) is 5.29. The van der Waals surface area contributed by atoms with Gasteiger partial charge in [-0.25, -0.2) is 9.78 Å². The highest BCUT2D eigenvalue weighted by molar-refractivity contribution is 6.02. The number of fused-ring (bicyclic) bond motifs is 1. The number of pyridine rings is 1. The van der Waals surface area contributed by atoms with E-state index in [1.807, 2.05) is 42.5 Å². The summed E-state index contributed by atoms with van der Waals surface area (Å²) >= 11 is 0. The fourth-order valence-corrected chi connectivity index (χ4v) is 5.06. The van der Waals surface area contributed by atoms with Gasteiger partial charge in [0.2, 0.25) is 5.88 Å². The summed E-state index contributed by atoms with van der Waals surface area (Å²) < 4.78 is 5.80. The third-order valence-corrected chi connectivity index (χ3v) is 6.94. The van der Waals surface area contributed by atoms with Crippen molar-refractivity contribution in [2.75, 3.05) is 23.4 Å². The summed E-state index contributed by atoms with van der Waals surface area (Å²) in [4.78, 5) is 30.2. The Bertz CT molecular complexity index is 1190. The quantitative estimate of drug-likeness (QED) is 0.481. The SMILES string of the molecule is O=C(O)CC1CCC(c2ccc(-c3ccc4c(n3)OCCN4C(=O)Nc3ccccc3)cc2)CC1. The number of anilines is 2. The van der Waals surface area contributed by atoms with E-state index in [9.17, 15) is 9.59 Å². The largest absolute Gasteiger partial charge is 0.481 e. The molecule has 0 radical (unpaired) electrons. The molecule has 0 bridgehead atoms. The molecular formula is C28H29N3O4. The van der Waals surface area contributed by atoms with Gasteiger partial charge >= 0.3 is 12.0 Å². The third-order valence-electron chi connectivity index (χ3n) is 6.94. The number of amides is 2. The number of urea groups is 1. The van der Waals surface area contributed by atoms with Crippen molar-refractivity contribution in [3.05, 3.63) is 72.3 Å². The molecule has 0 saturated heterocycles. The van der Waals surface area contributed by atoms with Crippen molar-refractivity contribution < 1.29 is 19.4 Å². The Morgan fingerprint density at radius 3 is 2.43 bits per heavy atom. The summed E-state index contributed by atoms with van der Waals surface area (Å²) in [7, 11) is 0. The Hall–Kier alpha value is -3.87. The number of aliphatic carboxylic acids is 1. The lowest BCUT2D eigenvalue weighted by Gasteiger charge is -2.29. The lowest BCUT2D eigenvalue weighted by molar-refractivity contribution is -0.138. The average Bonchev–Trinajstić information content (AvgIpc) is 2.89. The molecule has 35 heavy (non-hydrogen) atoms. The molecule has 2 N–H and O–H groups in total. The second-order valence-corrected chi connectivity index (χ2v) is 9.25. The molecule has 1 aromatic heterocycles. The smallest absolute Gasteiger partial charge is 0.326 e. The Balaban J connectivity index is 1.27. The fourth-order valence-electron chi connectivity index (χ4n) is 5.06. The lowest BCUT2D eigenvalue weighted by atomic mass is 9.77. The molecule has 5 rings (SSSR count). The van der Waals surface area contributed by atoms with Gasteiger partial charge in [-0.05, 0) is 67.3 Å². The highest BCUT2D eigenvalue weighted by atomic mass is 16.5. The van der Waals surface area contributed by atoms with Gasteiger partial charge in [0.1, 0.15) is 12.3 Å². The summed E-state index contributed by atoms with van der Waals surface area (Å²) in [6, 6.07) is 21.4. The summed E-state index contributed by atoms with van der Waals surface area (Å²) in [6.07, 6.45) is 4.28. The number of hydrogen-bond donors (Lipinski definition) is 2. The summed E-state index contributed by atoms with van der Waals surface area (Å²) in [5.74, 6) is 0.541. The monoisotopic (exact) mass is 471 g/mol. The maximum atomic E-state index is 12.8. The number of hydrogen-bond acceptors (Lipinski definition) is 4. The number of para-hydroxylation sites is 1. The molecule has 7 heteroatoms. The van der Waals surface area contributed by atoms with E-state index in [-0.39, 0.29) is 12.5 Å². The zero-order valence-corrected chi connectivity index (χ0v) is 19.5. The number of benzene rings is 2. The number of aromatic nitrogens is 1. The van der Waals surface area contributed by atoms with Crippen LogP contribution in [0.25, 0.3) is 11.3 Å². The molecule has 1 aliphatic heterocycles. The first-order valence-electron chi connectivity index (χ1n) is 12.2. The van der Waals surface area contributed by atoms with Crippen LogP contribution < -0.4 is 15.0 Å². The van der Waals surface area contributed by atoms with Crippen LogP contribution in [-0.2, 0) is 4.79 Å². The van der Waals surface area contributed by atoms with Gasteiger partial charge in [0.15, 0.2) is 0 Å². The first kappa shape index (κ1) is 22.9. The summed E-state index contributed by atoms with van der Waals surface area (Å²) in [6.45, 7) is 0.839. The molecule has 7 nitrogen and oxygen atoms in total. The number of carboxylic acids is 1. The van der Waals surface area contributed by atoms with Crippen molar-refractivity contribution >= 4 is 23.4 Å². The van der Waals surface area contributed by atoms with Gasteiger partial charge in [0, 0.05) is 17.7 Å². The van der Waals surface area contributed by atoms with Gasteiger partial charge in [-0.1, -0.05) is 42.5 Å². The topological polar surface area (TPSA) is 91.8 Å². The lowest BCUT2D eigenvalue weighted by Crippen LogP contribution is -2.41. The molecule has 2 amide bonds. The van der Waals surface area contributed by atoms with Gasteiger partial charge < -0.3 is 15.2 Å². The molecule has 0 spiro atoms. The van der Waals surface area contributed by atoms with Crippen LogP contribution in [-0.4, -0.2) is 35.2 Å². The minimum absolute atomic E-state index is 0.210. The standard InChI is InChI=1S/C28H29N3O4/c32-26(33)18-19-6-8-20(9-7-19)21-10-12-22(13-11-21)24-14-15-25-27(30-24)35-17-16-31(25)28(34)29-23-4-2-1-3-5-23/h1-5,10-15,19-20H,6-9,16-18H2,(H,29,34)(H,32,33). The fraction of sp³-hybridized carbons (Fsp3) is 0.321. The molecule has 0 unspecified atom stereocenters. The van der Waals surface area contributed by atoms with Crippen LogP contribution in [0.1, 0.15) is 43.6 Å². The second-order valence-electron chi connectivity index (χ2n) is 9.25. The minimum Gasteiger partial charge on any atom is -0.481 e. The number of nitrogens with zero attached hydrogens (tertiary/aromatic N) is 2. The second kappa shape index (κ2) is 10.2. The van der Waals surface area contributed by atoms with Crippen molar-refractivity contribution in [2.24, 2.45) is 5.92 Å². The van der Waals surface area contributed by atoms with Crippen molar-refractivity contribution in [1.82, 2.24) is 4.98 Å². The maximum absolute atomic E-state index is 12.8. The molecule has 2 heterocycles. The zero-order chi connectivity index (χ0) is 24.2. The van der Waals surface area contributed by atoms with E-state index in [4.69, 9.17) is 14.8 Å². The van der Waals surface area contributed by atoms with E-state index in [0.717, 1.165) is 42.6 Å². The Morgan fingerprint density at radius 2 is 1.71 bits per heavy atom. The van der Waals surface area contributed by atoms with E-state index in [1.54, 1.807) is 4.90 Å². The highest BCUT2D eigenvalue weighted by Crippen LogP contribution is 2.38. The number of nitrogens with one attached hydrogen (secondary N) is 1. The summed E-state index contributed by atoms with van der Waals surface area (Å²) in [5.41, 5.74) is 4.48. The first-order chi connectivity index (χ1) is 17.1. The van der Waals surface area contributed by atoms with Crippen LogP contribution in [0, 0.1) is 5.92 Å². The van der Waals surface area contributed by atoms with Crippen LogP contribution in [0.3, 0.4) is 0 Å². The van der Waals surface area contributed by atoms with E-state index >= 15 is 0 Å². The van der Waals surface area contributed by atoms with Crippen LogP contribution in [0.2, 0.25) is 0 Å². The predicted molar refractivity (Wildman–Crippen MR) is 135 cm³/mol. The van der Waals surface area contributed by atoms with Crippen LogP contribution in [0.5, 0.6) is 5.88 Å². The Labute approximate surface area is 204 Å². The zero-order valence-electron chi connectivity index (χ0n) is 19.5. The Kier molecular flexibility index (Phi) is 6.66. The van der Waals surface area contributed by atoms with Gasteiger partial charge in [-0.2, -0.15) is 0 Å². The van der Waals surface area contributed by atoms with Gasteiger partial charge in [-0.3, -0.25) is 9.69 Å². The number of ether oxygens (including phenoxy) is 1. The highest BCUT2D eigenvalue weighted by Gasteiger charge is 2.26. The molecule has 1 fully saturated rings. The molecule has 1 saturated carbocycles. The van der Waals surface area contributed by atoms with Crippen molar-refractivity contribution in [3.8, 4) is 17.1 Å². The van der Waals surface area contributed by atoms with E-state index < -0.39 is 5.97 Å². The molecule has 3 aromatic rings. The number of carbonyl (C=O) groups is 2. The van der Waals surface area contributed by atoms with Crippen molar-refractivity contribution in [3.63, 3.8) is 0 Å². The van der Waals surface area contributed by atoms with E-state index in [1.165, 1.54) is 5.56 Å². The number of carbonyl (C=O) groups excluding carboxylic acids is 1. The van der Waals surface area contributed by atoms with Gasteiger partial charge in [-0.15, -0.1) is 0 Å². The molecule has 180 valence electrons. The van der Waals surface area contributed by atoms with Gasteiger partial charge in [0.25, 0.3) is 0 Å². The Morgan fingerprint density at radius 1 is 0.971 bits per heavy atom. The first-order valence-corrected chi connectivity index (χ1v) is 12.2. The van der Waals surface area contributed by atoms with E-state index in [0.29, 0.717) is 36.6 Å².